The summed E-state index contributed by atoms with van der Waals surface area (Å²) in [5.74, 6) is 0.931. The highest BCUT2D eigenvalue weighted by Crippen LogP contribution is 2.30. The Morgan fingerprint density at radius 1 is 1.20 bits per heavy atom. The zero-order valence-electron chi connectivity index (χ0n) is 12.9. The van der Waals surface area contributed by atoms with E-state index in [0.717, 1.165) is 43.2 Å². The van der Waals surface area contributed by atoms with Crippen LogP contribution in [-0.4, -0.2) is 37.5 Å². The molecular formula is C17H26N2O. The highest BCUT2D eigenvalue weighted by atomic mass is 16.2. The summed E-state index contributed by atoms with van der Waals surface area (Å²) in [6, 6.07) is 7.99. The third kappa shape index (κ3) is 3.75. The SMILES string of the molecule is CCCN(CC1CC1)C(=O)c1ccc(N(C)CC)cc1. The second kappa shape index (κ2) is 6.78. The first-order chi connectivity index (χ1) is 9.65. The number of carbonyl (C=O) groups excluding carboxylic acids is 1. The lowest BCUT2D eigenvalue weighted by atomic mass is 10.1. The summed E-state index contributed by atoms with van der Waals surface area (Å²) in [5.41, 5.74) is 1.97. The van der Waals surface area contributed by atoms with Crippen LogP contribution in [0.25, 0.3) is 0 Å². The second-order valence-corrected chi connectivity index (χ2v) is 5.76. The van der Waals surface area contributed by atoms with Gasteiger partial charge in [-0.3, -0.25) is 4.79 Å². The van der Waals surface area contributed by atoms with Gasteiger partial charge in [-0.05, 0) is 56.4 Å². The number of hydrogen-bond donors (Lipinski definition) is 0. The fraction of sp³-hybridized carbons (Fsp3) is 0.588. The molecule has 1 aliphatic carbocycles. The Hall–Kier alpha value is -1.51. The average Bonchev–Trinajstić information content (AvgIpc) is 3.29. The van der Waals surface area contributed by atoms with Crippen molar-refractivity contribution in [3.63, 3.8) is 0 Å². The summed E-state index contributed by atoms with van der Waals surface area (Å²) < 4.78 is 0. The Kier molecular flexibility index (Phi) is 5.05. The van der Waals surface area contributed by atoms with E-state index in [-0.39, 0.29) is 5.91 Å². The molecule has 0 saturated heterocycles. The van der Waals surface area contributed by atoms with Gasteiger partial charge in [0, 0.05) is 37.9 Å². The van der Waals surface area contributed by atoms with Crippen LogP contribution in [-0.2, 0) is 0 Å². The van der Waals surface area contributed by atoms with E-state index in [1.807, 2.05) is 29.2 Å². The molecule has 0 heterocycles. The van der Waals surface area contributed by atoms with Crippen LogP contribution >= 0.6 is 0 Å². The fourth-order valence-corrected chi connectivity index (χ4v) is 2.38. The van der Waals surface area contributed by atoms with Crippen LogP contribution < -0.4 is 4.90 Å². The van der Waals surface area contributed by atoms with Crippen molar-refractivity contribution in [2.45, 2.75) is 33.1 Å². The van der Waals surface area contributed by atoms with E-state index in [0.29, 0.717) is 0 Å². The molecule has 110 valence electrons. The Morgan fingerprint density at radius 3 is 2.35 bits per heavy atom. The Labute approximate surface area is 122 Å². The van der Waals surface area contributed by atoms with E-state index in [4.69, 9.17) is 0 Å². The Balaban J connectivity index is 2.05. The molecule has 1 amide bonds. The number of anilines is 1. The maximum Gasteiger partial charge on any atom is 0.253 e. The predicted octanol–water partition coefficient (Wildman–Crippen LogP) is 3.40. The van der Waals surface area contributed by atoms with Gasteiger partial charge in [-0.15, -0.1) is 0 Å². The highest BCUT2D eigenvalue weighted by Gasteiger charge is 2.26. The molecule has 1 aliphatic rings. The molecule has 3 nitrogen and oxygen atoms in total. The Bertz CT molecular complexity index is 437. The Morgan fingerprint density at radius 2 is 1.85 bits per heavy atom. The van der Waals surface area contributed by atoms with Crippen LogP contribution in [0.2, 0.25) is 0 Å². The highest BCUT2D eigenvalue weighted by molar-refractivity contribution is 5.94. The van der Waals surface area contributed by atoms with Crippen molar-refractivity contribution >= 4 is 11.6 Å². The number of hydrogen-bond acceptors (Lipinski definition) is 2. The summed E-state index contributed by atoms with van der Waals surface area (Å²) in [6.45, 7) is 7.02. The van der Waals surface area contributed by atoms with E-state index in [1.165, 1.54) is 12.8 Å². The summed E-state index contributed by atoms with van der Waals surface area (Å²) >= 11 is 0. The van der Waals surface area contributed by atoms with Crippen molar-refractivity contribution in [2.75, 3.05) is 31.6 Å². The molecule has 1 saturated carbocycles. The smallest absolute Gasteiger partial charge is 0.253 e. The van der Waals surface area contributed by atoms with Gasteiger partial charge >= 0.3 is 0 Å². The van der Waals surface area contributed by atoms with Crippen LogP contribution in [0.4, 0.5) is 5.69 Å². The molecular weight excluding hydrogens is 248 g/mol. The molecule has 3 heteroatoms. The number of benzene rings is 1. The van der Waals surface area contributed by atoms with Crippen LogP contribution in [0.5, 0.6) is 0 Å². The van der Waals surface area contributed by atoms with Crippen LogP contribution in [0.15, 0.2) is 24.3 Å². The van der Waals surface area contributed by atoms with E-state index >= 15 is 0 Å². The van der Waals surface area contributed by atoms with Crippen LogP contribution in [0.3, 0.4) is 0 Å². The average molecular weight is 274 g/mol. The van der Waals surface area contributed by atoms with Gasteiger partial charge in [0.15, 0.2) is 0 Å². The molecule has 1 fully saturated rings. The number of nitrogens with zero attached hydrogens (tertiary/aromatic N) is 2. The van der Waals surface area contributed by atoms with Gasteiger partial charge in [0.2, 0.25) is 0 Å². The standard InChI is InChI=1S/C17H26N2O/c1-4-12-19(13-14-6-7-14)17(20)15-8-10-16(11-9-15)18(3)5-2/h8-11,14H,4-7,12-13H2,1-3H3. The molecule has 0 bridgehead atoms. The molecule has 0 radical (unpaired) electrons. The molecule has 0 aromatic heterocycles. The van der Waals surface area contributed by atoms with Crippen LogP contribution in [0, 0.1) is 5.92 Å². The monoisotopic (exact) mass is 274 g/mol. The molecule has 1 aromatic carbocycles. The van der Waals surface area contributed by atoms with Gasteiger partial charge in [0.1, 0.15) is 0 Å². The van der Waals surface area contributed by atoms with Crippen molar-refractivity contribution in [3.8, 4) is 0 Å². The minimum Gasteiger partial charge on any atom is -0.375 e. The molecule has 0 aliphatic heterocycles. The maximum absolute atomic E-state index is 12.6. The summed E-state index contributed by atoms with van der Waals surface area (Å²) in [4.78, 5) is 16.8. The lowest BCUT2D eigenvalue weighted by Crippen LogP contribution is -2.33. The third-order valence-corrected chi connectivity index (χ3v) is 3.99. The molecule has 1 aromatic rings. The minimum atomic E-state index is 0.185. The lowest BCUT2D eigenvalue weighted by molar-refractivity contribution is 0.0748. The van der Waals surface area contributed by atoms with Gasteiger partial charge in [-0.2, -0.15) is 0 Å². The number of amides is 1. The first-order valence-electron chi connectivity index (χ1n) is 7.76. The van der Waals surface area contributed by atoms with E-state index < -0.39 is 0 Å². The van der Waals surface area contributed by atoms with Gasteiger partial charge in [-0.1, -0.05) is 6.92 Å². The van der Waals surface area contributed by atoms with Crippen molar-refractivity contribution in [1.29, 1.82) is 0 Å². The van der Waals surface area contributed by atoms with Crippen molar-refractivity contribution in [1.82, 2.24) is 4.90 Å². The zero-order chi connectivity index (χ0) is 14.5. The number of rotatable bonds is 7. The fourth-order valence-electron chi connectivity index (χ4n) is 2.38. The molecule has 0 N–H and O–H groups in total. The first-order valence-corrected chi connectivity index (χ1v) is 7.76. The molecule has 0 unspecified atom stereocenters. The van der Waals surface area contributed by atoms with Crippen molar-refractivity contribution in [3.05, 3.63) is 29.8 Å². The molecule has 2 rings (SSSR count). The van der Waals surface area contributed by atoms with Gasteiger partial charge in [-0.25, -0.2) is 0 Å². The van der Waals surface area contributed by atoms with E-state index in [2.05, 4.69) is 25.8 Å². The van der Waals surface area contributed by atoms with Gasteiger partial charge in [0.05, 0.1) is 0 Å². The molecule has 0 atom stereocenters. The largest absolute Gasteiger partial charge is 0.375 e. The summed E-state index contributed by atoms with van der Waals surface area (Å²) in [5, 5.41) is 0. The van der Waals surface area contributed by atoms with Gasteiger partial charge < -0.3 is 9.80 Å². The summed E-state index contributed by atoms with van der Waals surface area (Å²) in [7, 11) is 2.06. The predicted molar refractivity (Wildman–Crippen MR) is 84.3 cm³/mol. The number of carbonyl (C=O) groups is 1. The lowest BCUT2D eigenvalue weighted by Gasteiger charge is -2.23. The molecule has 0 spiro atoms. The minimum absolute atomic E-state index is 0.185. The summed E-state index contributed by atoms with van der Waals surface area (Å²) in [6.07, 6.45) is 3.59. The van der Waals surface area contributed by atoms with E-state index in [1.54, 1.807) is 0 Å². The molecule has 20 heavy (non-hydrogen) atoms. The maximum atomic E-state index is 12.6. The quantitative estimate of drug-likeness (QED) is 0.761. The zero-order valence-corrected chi connectivity index (χ0v) is 12.9. The third-order valence-electron chi connectivity index (χ3n) is 3.99. The normalized spacial score (nSPS) is 14.2. The van der Waals surface area contributed by atoms with E-state index in [9.17, 15) is 4.79 Å². The van der Waals surface area contributed by atoms with Crippen LogP contribution in [0.1, 0.15) is 43.5 Å². The topological polar surface area (TPSA) is 23.6 Å². The van der Waals surface area contributed by atoms with Crippen molar-refractivity contribution in [2.24, 2.45) is 5.92 Å². The second-order valence-electron chi connectivity index (χ2n) is 5.76. The van der Waals surface area contributed by atoms with Gasteiger partial charge in [0.25, 0.3) is 5.91 Å². The van der Waals surface area contributed by atoms with Crippen molar-refractivity contribution < 1.29 is 4.79 Å². The first kappa shape index (κ1) is 14.9.